The molecule has 0 rings (SSSR count). The number of alkyl halides is 1. The van der Waals surface area contributed by atoms with Crippen molar-refractivity contribution in [2.45, 2.75) is 18.8 Å². The van der Waals surface area contributed by atoms with E-state index >= 15 is 0 Å². The first-order valence-corrected chi connectivity index (χ1v) is 3.74. The average molecular weight is 231 g/mol. The maximum Gasteiger partial charge on any atom is 0.170 e. The fraction of sp³-hybridized carbons (Fsp3) is 1.00. The van der Waals surface area contributed by atoms with Crippen LogP contribution in [0.15, 0.2) is 0 Å². The highest BCUT2D eigenvalue weighted by Crippen LogP contribution is 2.06. The molecule has 0 fully saturated rings. The highest BCUT2D eigenvalue weighted by atomic mass is 127. The molecular formula is C4H10INO2. The van der Waals surface area contributed by atoms with Crippen LogP contribution in [0.4, 0.5) is 0 Å². The molecule has 0 aliphatic heterocycles. The number of hydrogen-bond donors (Lipinski definition) is 3. The largest absolute Gasteiger partial charge is 0.367 e. The van der Waals surface area contributed by atoms with Gasteiger partial charge in [0.1, 0.15) is 0 Å². The topological polar surface area (TPSA) is 66.5 Å². The molecule has 0 amide bonds. The molecule has 0 bridgehead atoms. The molecule has 3 nitrogen and oxygen atoms in total. The van der Waals surface area contributed by atoms with Crippen molar-refractivity contribution >= 4 is 22.6 Å². The van der Waals surface area contributed by atoms with Crippen molar-refractivity contribution in [1.82, 2.24) is 0 Å². The third kappa shape index (κ3) is 2.25. The molecule has 0 aliphatic carbocycles. The summed E-state index contributed by atoms with van der Waals surface area (Å²) in [5.41, 5.74) is 4.49. The van der Waals surface area contributed by atoms with Gasteiger partial charge in [0.15, 0.2) is 6.29 Å². The molecule has 0 heterocycles. The van der Waals surface area contributed by atoms with E-state index in [9.17, 15) is 0 Å². The average Bonchev–Trinajstić information content (AvgIpc) is 1.67. The smallest absolute Gasteiger partial charge is 0.170 e. The molecule has 0 radical (unpaired) electrons. The van der Waals surface area contributed by atoms with Gasteiger partial charge in [0.2, 0.25) is 0 Å². The second-order valence-electron chi connectivity index (χ2n) is 2.01. The Hall–Kier alpha value is 0.610. The summed E-state index contributed by atoms with van der Waals surface area (Å²) in [7, 11) is 0. The molecule has 1 unspecified atom stereocenters. The van der Waals surface area contributed by atoms with Gasteiger partial charge in [0.05, 0.1) is 5.54 Å². The van der Waals surface area contributed by atoms with E-state index in [1.165, 1.54) is 0 Å². The van der Waals surface area contributed by atoms with E-state index in [1.54, 1.807) is 6.92 Å². The Bertz CT molecular complexity index is 74.4. The summed E-state index contributed by atoms with van der Waals surface area (Å²) in [4.78, 5) is 0. The lowest BCUT2D eigenvalue weighted by Gasteiger charge is -2.23. The first-order chi connectivity index (χ1) is 3.50. The first kappa shape index (κ1) is 8.61. The van der Waals surface area contributed by atoms with Crippen LogP contribution >= 0.6 is 22.6 Å². The highest BCUT2D eigenvalue weighted by Gasteiger charge is 2.24. The Kier molecular flexibility index (Phi) is 3.18. The van der Waals surface area contributed by atoms with Crippen molar-refractivity contribution in [3.63, 3.8) is 0 Å². The van der Waals surface area contributed by atoms with Crippen molar-refractivity contribution in [3.8, 4) is 0 Å². The third-order valence-corrected chi connectivity index (χ3v) is 2.52. The SMILES string of the molecule is CC(N)(CI)C(O)O. The summed E-state index contributed by atoms with van der Waals surface area (Å²) in [5.74, 6) is 0. The second kappa shape index (κ2) is 2.95. The number of aliphatic hydroxyl groups excluding tert-OH is 1. The molecule has 0 aromatic carbocycles. The molecule has 4 N–H and O–H groups in total. The standard InChI is InChI=1S/C4H10INO2/c1-4(6,2-5)3(7)8/h3,7-8H,2,6H2,1H3. The van der Waals surface area contributed by atoms with Crippen molar-refractivity contribution in [2.24, 2.45) is 5.73 Å². The third-order valence-electron chi connectivity index (χ3n) is 0.878. The van der Waals surface area contributed by atoms with E-state index < -0.39 is 11.8 Å². The quantitative estimate of drug-likeness (QED) is 0.339. The van der Waals surface area contributed by atoms with Crippen LogP contribution in [0.3, 0.4) is 0 Å². The van der Waals surface area contributed by atoms with Gasteiger partial charge in [-0.25, -0.2) is 0 Å². The molecule has 0 aromatic rings. The van der Waals surface area contributed by atoms with Gasteiger partial charge in [-0.3, -0.25) is 0 Å². The van der Waals surface area contributed by atoms with Crippen LogP contribution in [-0.4, -0.2) is 26.5 Å². The number of halogens is 1. The minimum atomic E-state index is -1.42. The monoisotopic (exact) mass is 231 g/mol. The normalized spacial score (nSPS) is 18.8. The van der Waals surface area contributed by atoms with E-state index in [0.29, 0.717) is 4.43 Å². The lowest BCUT2D eigenvalue weighted by molar-refractivity contribution is -0.0825. The molecule has 0 aromatic heterocycles. The summed E-state index contributed by atoms with van der Waals surface area (Å²) in [6.07, 6.45) is -1.42. The molecule has 4 heteroatoms. The van der Waals surface area contributed by atoms with Gasteiger partial charge < -0.3 is 15.9 Å². The Balaban J connectivity index is 3.71. The predicted octanol–water partition coefficient (Wildman–Crippen LogP) is -0.550. The minimum Gasteiger partial charge on any atom is -0.367 e. The van der Waals surface area contributed by atoms with E-state index in [2.05, 4.69) is 0 Å². The van der Waals surface area contributed by atoms with Crippen molar-refractivity contribution in [3.05, 3.63) is 0 Å². The number of nitrogens with two attached hydrogens (primary N) is 1. The van der Waals surface area contributed by atoms with Crippen LogP contribution in [0.1, 0.15) is 6.92 Å². The number of rotatable bonds is 2. The van der Waals surface area contributed by atoms with Crippen molar-refractivity contribution < 1.29 is 10.2 Å². The summed E-state index contributed by atoms with van der Waals surface area (Å²) in [6, 6.07) is 0. The molecule has 0 spiro atoms. The molecule has 0 saturated heterocycles. The summed E-state index contributed by atoms with van der Waals surface area (Å²) in [6.45, 7) is 1.59. The Labute approximate surface area is 62.0 Å². The van der Waals surface area contributed by atoms with Gasteiger partial charge >= 0.3 is 0 Å². The van der Waals surface area contributed by atoms with Crippen LogP contribution in [0.2, 0.25) is 0 Å². The van der Waals surface area contributed by atoms with E-state index in [0.717, 1.165) is 0 Å². The first-order valence-electron chi connectivity index (χ1n) is 2.21. The minimum absolute atomic E-state index is 0.530. The van der Waals surface area contributed by atoms with Gasteiger partial charge in [-0.15, -0.1) is 0 Å². The lowest BCUT2D eigenvalue weighted by Crippen LogP contribution is -2.49. The summed E-state index contributed by atoms with van der Waals surface area (Å²) in [5, 5.41) is 17.0. The Morgan fingerprint density at radius 1 is 1.75 bits per heavy atom. The van der Waals surface area contributed by atoms with Gasteiger partial charge in [-0.1, -0.05) is 22.6 Å². The lowest BCUT2D eigenvalue weighted by atomic mass is 10.1. The summed E-state index contributed by atoms with van der Waals surface area (Å²) >= 11 is 2.00. The van der Waals surface area contributed by atoms with Gasteiger partial charge in [-0.05, 0) is 6.92 Å². The molecule has 1 atom stereocenters. The van der Waals surface area contributed by atoms with Crippen LogP contribution in [-0.2, 0) is 0 Å². The van der Waals surface area contributed by atoms with E-state index in [4.69, 9.17) is 15.9 Å². The maximum atomic E-state index is 8.51. The molecule has 0 aliphatic rings. The second-order valence-corrected chi connectivity index (χ2v) is 2.78. The van der Waals surface area contributed by atoms with Gasteiger partial charge in [0.25, 0.3) is 0 Å². The Morgan fingerprint density at radius 2 is 2.12 bits per heavy atom. The van der Waals surface area contributed by atoms with Crippen LogP contribution in [0.25, 0.3) is 0 Å². The number of aliphatic hydroxyl groups is 2. The maximum absolute atomic E-state index is 8.51. The Morgan fingerprint density at radius 3 is 2.12 bits per heavy atom. The molecule has 50 valence electrons. The zero-order valence-corrected chi connectivity index (χ0v) is 6.79. The van der Waals surface area contributed by atoms with Gasteiger partial charge in [-0.2, -0.15) is 0 Å². The fourth-order valence-electron chi connectivity index (χ4n) is 0.0690. The van der Waals surface area contributed by atoms with E-state index in [-0.39, 0.29) is 0 Å². The zero-order chi connectivity index (χ0) is 6.78. The highest BCUT2D eigenvalue weighted by molar-refractivity contribution is 14.1. The zero-order valence-electron chi connectivity index (χ0n) is 4.63. The predicted molar refractivity (Wildman–Crippen MR) is 39.7 cm³/mol. The number of hydrogen-bond acceptors (Lipinski definition) is 3. The van der Waals surface area contributed by atoms with Crippen molar-refractivity contribution in [2.75, 3.05) is 4.43 Å². The fourth-order valence-corrected chi connectivity index (χ4v) is 0.463. The molecule has 8 heavy (non-hydrogen) atoms. The van der Waals surface area contributed by atoms with Crippen molar-refractivity contribution in [1.29, 1.82) is 0 Å². The van der Waals surface area contributed by atoms with Crippen LogP contribution in [0.5, 0.6) is 0 Å². The summed E-state index contributed by atoms with van der Waals surface area (Å²) < 4.78 is 0.530. The molecular weight excluding hydrogens is 221 g/mol. The van der Waals surface area contributed by atoms with Gasteiger partial charge in [0, 0.05) is 4.43 Å². The van der Waals surface area contributed by atoms with Crippen LogP contribution < -0.4 is 5.73 Å². The van der Waals surface area contributed by atoms with E-state index in [1.807, 2.05) is 22.6 Å². The molecule has 0 saturated carbocycles. The van der Waals surface area contributed by atoms with Crippen LogP contribution in [0, 0.1) is 0 Å².